The number of alkyl halides is 3. The molecule has 1 aliphatic rings. The maximum absolute atomic E-state index is 13.0. The molecular weight excluding hydrogens is 469 g/mol. The van der Waals surface area contributed by atoms with Crippen molar-refractivity contribution in [1.82, 2.24) is 19.4 Å². The minimum absolute atomic E-state index is 0.0506. The van der Waals surface area contributed by atoms with Gasteiger partial charge in [-0.05, 0) is 50.1 Å². The molecule has 0 radical (unpaired) electrons. The quantitative estimate of drug-likeness (QED) is 0.509. The lowest BCUT2D eigenvalue weighted by Crippen LogP contribution is -2.58. The molecule has 10 heteroatoms. The van der Waals surface area contributed by atoms with Gasteiger partial charge in [0.25, 0.3) is 0 Å². The maximum Gasteiger partial charge on any atom is 0.416 e. The van der Waals surface area contributed by atoms with Crippen molar-refractivity contribution in [1.29, 1.82) is 5.26 Å². The number of nitriles is 1. The van der Waals surface area contributed by atoms with Crippen LogP contribution in [0, 0.1) is 11.3 Å². The first-order chi connectivity index (χ1) is 17.0. The van der Waals surface area contributed by atoms with E-state index in [4.69, 9.17) is 0 Å². The summed E-state index contributed by atoms with van der Waals surface area (Å²) in [5, 5.41) is 9.37. The first-order valence-electron chi connectivity index (χ1n) is 12.0. The Hall–Kier alpha value is -3.45. The molecule has 7 nitrogen and oxygen atoms in total. The number of anilines is 1. The van der Waals surface area contributed by atoms with Crippen LogP contribution in [0.15, 0.2) is 41.2 Å². The van der Waals surface area contributed by atoms with Crippen LogP contribution in [0.3, 0.4) is 0 Å². The highest BCUT2D eigenvalue weighted by atomic mass is 19.4. The smallest absolute Gasteiger partial charge is 0.349 e. The lowest BCUT2D eigenvalue weighted by molar-refractivity contribution is -0.137. The summed E-state index contributed by atoms with van der Waals surface area (Å²) in [7, 11) is 1.63. The molecule has 1 saturated heterocycles. The first-order valence-corrected chi connectivity index (χ1v) is 12.0. The molecule has 0 spiro atoms. The summed E-state index contributed by atoms with van der Waals surface area (Å²) >= 11 is 0. The molecule has 0 aliphatic carbocycles. The van der Waals surface area contributed by atoms with Gasteiger partial charge < -0.3 is 4.90 Å². The number of hydrogen-bond donors (Lipinski definition) is 0. The molecule has 2 aromatic heterocycles. The Balaban J connectivity index is 1.69. The van der Waals surface area contributed by atoms with Crippen LogP contribution < -0.4 is 10.6 Å². The van der Waals surface area contributed by atoms with Crippen molar-refractivity contribution in [3.05, 3.63) is 63.7 Å². The van der Waals surface area contributed by atoms with E-state index in [-0.39, 0.29) is 23.8 Å². The molecular formula is C26H29F3N6O. The Bertz CT molecular complexity index is 1350. The molecule has 0 bridgehead atoms. The molecule has 36 heavy (non-hydrogen) atoms. The monoisotopic (exact) mass is 498 g/mol. The first kappa shape index (κ1) is 25.6. The summed E-state index contributed by atoms with van der Waals surface area (Å²) in [5.41, 5.74) is 1.11. The van der Waals surface area contributed by atoms with Crippen molar-refractivity contribution in [2.24, 2.45) is 7.05 Å². The molecule has 4 rings (SSSR count). The van der Waals surface area contributed by atoms with Crippen molar-refractivity contribution < 1.29 is 13.2 Å². The zero-order chi connectivity index (χ0) is 26.2. The third kappa shape index (κ3) is 4.80. The lowest BCUT2D eigenvalue weighted by atomic mass is 9.97. The average Bonchev–Trinajstić information content (AvgIpc) is 2.86. The fraction of sp³-hybridized carbons (Fsp3) is 0.462. The summed E-state index contributed by atoms with van der Waals surface area (Å²) < 4.78 is 40.5. The van der Waals surface area contributed by atoms with Crippen LogP contribution in [0.5, 0.6) is 0 Å². The van der Waals surface area contributed by atoms with Gasteiger partial charge in [0, 0.05) is 38.3 Å². The van der Waals surface area contributed by atoms with Crippen LogP contribution in [0.4, 0.5) is 19.0 Å². The maximum atomic E-state index is 13.0. The molecule has 3 unspecified atom stereocenters. The number of aromatic nitrogens is 3. The third-order valence-corrected chi connectivity index (χ3v) is 7.05. The topological polar surface area (TPSA) is 78.0 Å². The number of nitrogens with zero attached hydrogens (tertiary/aromatic N) is 6. The fourth-order valence-corrected chi connectivity index (χ4v) is 5.04. The van der Waals surface area contributed by atoms with E-state index in [0.717, 1.165) is 30.5 Å². The van der Waals surface area contributed by atoms with Crippen LogP contribution in [-0.4, -0.2) is 44.6 Å². The molecule has 3 atom stereocenters. The number of hydrogen-bond acceptors (Lipinski definition) is 6. The molecule has 0 amide bonds. The zero-order valence-electron chi connectivity index (χ0n) is 20.8. The van der Waals surface area contributed by atoms with Gasteiger partial charge in [0.2, 0.25) is 0 Å². The van der Waals surface area contributed by atoms with Crippen molar-refractivity contribution in [3.8, 4) is 6.07 Å². The molecule has 190 valence electrons. The van der Waals surface area contributed by atoms with E-state index in [1.54, 1.807) is 31.3 Å². The summed E-state index contributed by atoms with van der Waals surface area (Å²) in [5.74, 6) is 0.459. The van der Waals surface area contributed by atoms with Crippen LogP contribution in [-0.2, 0) is 13.2 Å². The van der Waals surface area contributed by atoms with Gasteiger partial charge in [-0.3, -0.25) is 9.47 Å². The number of fused-ring (bicyclic) bond motifs is 1. The van der Waals surface area contributed by atoms with Crippen LogP contribution in [0.1, 0.15) is 56.5 Å². The van der Waals surface area contributed by atoms with Gasteiger partial charge in [0.15, 0.2) is 5.82 Å². The molecule has 1 aliphatic heterocycles. The van der Waals surface area contributed by atoms with Crippen molar-refractivity contribution in [2.45, 2.75) is 57.9 Å². The summed E-state index contributed by atoms with van der Waals surface area (Å²) in [6, 6.07) is 10.7. The average molecular weight is 499 g/mol. The van der Waals surface area contributed by atoms with E-state index in [0.29, 0.717) is 29.9 Å². The lowest BCUT2D eigenvalue weighted by Gasteiger charge is -2.48. The third-order valence-electron chi connectivity index (χ3n) is 7.05. The Kier molecular flexibility index (Phi) is 7.05. The Morgan fingerprint density at radius 1 is 1.14 bits per heavy atom. The normalized spacial score (nSPS) is 19.9. The van der Waals surface area contributed by atoms with Gasteiger partial charge in [0.1, 0.15) is 17.3 Å². The largest absolute Gasteiger partial charge is 0.416 e. The molecule has 3 heterocycles. The van der Waals surface area contributed by atoms with E-state index in [2.05, 4.69) is 32.8 Å². The standard InChI is InChI=1S/C26H29F3N6O/c1-5-6-21-15-34(24-23-22(33(4)25(36)32-24)12-11-20(13-30)31-23)16(2)14-35(21)17(3)18-7-9-19(10-8-18)26(27,28)29/h7-12,16-17,21H,5-6,14-15H2,1-4H3. The second kappa shape index (κ2) is 9.90. The summed E-state index contributed by atoms with van der Waals surface area (Å²) in [4.78, 5) is 25.9. The number of rotatable bonds is 5. The van der Waals surface area contributed by atoms with Crippen LogP contribution >= 0.6 is 0 Å². The van der Waals surface area contributed by atoms with Gasteiger partial charge in [-0.1, -0.05) is 25.5 Å². The van der Waals surface area contributed by atoms with E-state index >= 15 is 0 Å². The Morgan fingerprint density at radius 2 is 1.83 bits per heavy atom. The van der Waals surface area contributed by atoms with Crippen molar-refractivity contribution in [3.63, 3.8) is 0 Å². The van der Waals surface area contributed by atoms with Crippen molar-refractivity contribution in [2.75, 3.05) is 18.0 Å². The van der Waals surface area contributed by atoms with Gasteiger partial charge in [-0.25, -0.2) is 9.78 Å². The van der Waals surface area contributed by atoms with E-state index in [9.17, 15) is 23.2 Å². The van der Waals surface area contributed by atoms with Crippen LogP contribution in [0.2, 0.25) is 0 Å². The molecule has 1 aromatic carbocycles. The van der Waals surface area contributed by atoms with Crippen LogP contribution in [0.25, 0.3) is 11.0 Å². The van der Waals surface area contributed by atoms with E-state index in [1.165, 1.54) is 4.57 Å². The predicted octanol–water partition coefficient (Wildman–Crippen LogP) is 4.66. The molecule has 0 N–H and O–H groups in total. The highest BCUT2D eigenvalue weighted by Gasteiger charge is 2.36. The Labute approximate surface area is 207 Å². The second-order valence-electron chi connectivity index (χ2n) is 9.39. The van der Waals surface area contributed by atoms with E-state index < -0.39 is 17.4 Å². The summed E-state index contributed by atoms with van der Waals surface area (Å²) in [6.07, 6.45) is -2.58. The molecule has 0 saturated carbocycles. The predicted molar refractivity (Wildman–Crippen MR) is 132 cm³/mol. The molecule has 1 fully saturated rings. The number of aryl methyl sites for hydroxylation is 1. The highest BCUT2D eigenvalue weighted by Crippen LogP contribution is 2.34. The fourth-order valence-electron chi connectivity index (χ4n) is 5.04. The van der Waals surface area contributed by atoms with Crippen molar-refractivity contribution >= 4 is 16.9 Å². The number of halogens is 3. The number of benzene rings is 1. The Morgan fingerprint density at radius 3 is 2.44 bits per heavy atom. The molecule has 3 aromatic rings. The van der Waals surface area contributed by atoms with Gasteiger partial charge >= 0.3 is 11.9 Å². The minimum atomic E-state index is -4.37. The zero-order valence-corrected chi connectivity index (χ0v) is 20.8. The highest BCUT2D eigenvalue weighted by molar-refractivity contribution is 5.86. The van der Waals surface area contributed by atoms with Gasteiger partial charge in [0.05, 0.1) is 11.1 Å². The number of piperazine rings is 1. The second-order valence-corrected chi connectivity index (χ2v) is 9.39. The van der Waals surface area contributed by atoms with Gasteiger partial charge in [-0.15, -0.1) is 0 Å². The SMILES string of the molecule is CCCC1CN(c2nc(=O)n(C)c3ccc(C#N)nc23)C(C)CN1C(C)c1ccc(C(F)(F)F)cc1. The van der Waals surface area contributed by atoms with E-state index in [1.807, 2.05) is 13.8 Å². The minimum Gasteiger partial charge on any atom is -0.349 e. The number of pyridine rings is 1. The van der Waals surface area contributed by atoms with Gasteiger partial charge in [-0.2, -0.15) is 23.4 Å². The summed E-state index contributed by atoms with van der Waals surface area (Å²) in [6.45, 7) is 7.35.